The Kier molecular flexibility index (Phi) is 11.4. The van der Waals surface area contributed by atoms with Crippen molar-refractivity contribution >= 4 is 33.5 Å². The minimum absolute atomic E-state index is 0.00120. The number of rotatable bonds is 13. The molecule has 0 radical (unpaired) electrons. The number of unbranched alkanes of at least 4 members (excludes halogenated alkanes) is 3. The highest BCUT2D eigenvalue weighted by atomic mass is 32.2. The first-order chi connectivity index (χ1) is 18.7. The highest BCUT2D eigenvalue weighted by Gasteiger charge is 2.30. The maximum absolute atomic E-state index is 13.1. The van der Waals surface area contributed by atoms with Crippen molar-refractivity contribution in [1.29, 1.82) is 0 Å². The number of piperidine rings is 1. The summed E-state index contributed by atoms with van der Waals surface area (Å²) < 4.78 is 32.1. The van der Waals surface area contributed by atoms with Gasteiger partial charge in [0.15, 0.2) is 0 Å². The van der Waals surface area contributed by atoms with Crippen molar-refractivity contribution in [2.75, 3.05) is 38.6 Å². The molecule has 0 saturated carbocycles. The largest absolute Gasteiger partial charge is 0.468 e. The van der Waals surface area contributed by atoms with Crippen molar-refractivity contribution in [2.45, 2.75) is 55.8 Å². The zero-order valence-electron chi connectivity index (χ0n) is 22.2. The minimum atomic E-state index is -3.76. The van der Waals surface area contributed by atoms with E-state index in [4.69, 9.17) is 5.73 Å². The predicted molar refractivity (Wildman–Crippen MR) is 147 cm³/mol. The lowest BCUT2D eigenvalue weighted by Gasteiger charge is -2.31. The van der Waals surface area contributed by atoms with Gasteiger partial charge in [-0.15, -0.1) is 0 Å². The van der Waals surface area contributed by atoms with Crippen molar-refractivity contribution in [1.82, 2.24) is 14.6 Å². The molecule has 3 rings (SSSR count). The maximum Gasteiger partial charge on any atom is 0.325 e. The molecule has 0 aliphatic carbocycles. The van der Waals surface area contributed by atoms with Crippen LogP contribution >= 0.6 is 0 Å². The van der Waals surface area contributed by atoms with Gasteiger partial charge in [0.1, 0.15) is 17.1 Å². The third-order valence-corrected chi connectivity index (χ3v) is 8.59. The summed E-state index contributed by atoms with van der Waals surface area (Å²) in [5, 5.41) is 5.29. The number of nitrogens with zero attached hydrogens (tertiary/aromatic N) is 2. The lowest BCUT2D eigenvalue weighted by molar-refractivity contribution is -0.139. The molecule has 4 N–H and O–H groups in total. The number of esters is 1. The van der Waals surface area contributed by atoms with E-state index in [1.807, 2.05) is 24.3 Å². The lowest BCUT2D eigenvalue weighted by Crippen LogP contribution is -2.38. The van der Waals surface area contributed by atoms with Crippen LogP contribution in [0.1, 0.15) is 66.9 Å². The molecule has 11 nitrogen and oxygen atoms in total. The van der Waals surface area contributed by atoms with Gasteiger partial charge in [-0.25, -0.2) is 13.4 Å². The van der Waals surface area contributed by atoms with E-state index in [2.05, 4.69) is 20.4 Å². The van der Waals surface area contributed by atoms with Gasteiger partial charge in [0, 0.05) is 31.4 Å². The SMILES string of the molecule is COC(=O)CNC(=O)c1ccc(S(=O)(=O)N2CCC(c3ccc(NC(=O)CCCCCCN)cc3)CC2)cn1. The summed E-state index contributed by atoms with van der Waals surface area (Å²) in [6.07, 6.45) is 6.83. The van der Waals surface area contributed by atoms with Crippen LogP contribution in [-0.2, 0) is 24.3 Å². The van der Waals surface area contributed by atoms with Crippen LogP contribution in [0.25, 0.3) is 0 Å². The standard InChI is InChI=1S/C27H37N5O6S/c1-38-26(34)19-30-27(35)24-12-11-23(18-29-24)39(36,37)32-16-13-21(14-17-32)20-7-9-22(10-8-20)31-25(33)6-4-2-3-5-15-28/h7-12,18,21H,2-6,13-17,19,28H2,1H3,(H,30,35)(H,31,33). The molecule has 1 fully saturated rings. The van der Waals surface area contributed by atoms with Crippen LogP contribution in [0.15, 0.2) is 47.5 Å². The second-order valence-electron chi connectivity index (χ2n) is 9.44. The molecule has 0 atom stereocenters. The van der Waals surface area contributed by atoms with E-state index >= 15 is 0 Å². The summed E-state index contributed by atoms with van der Waals surface area (Å²) in [6, 6.07) is 10.4. The van der Waals surface area contributed by atoms with E-state index in [9.17, 15) is 22.8 Å². The topological polar surface area (TPSA) is 161 Å². The molecule has 2 heterocycles. The fraction of sp³-hybridized carbons (Fsp3) is 0.481. The Labute approximate surface area is 229 Å². The maximum atomic E-state index is 13.1. The van der Waals surface area contributed by atoms with Crippen molar-refractivity contribution < 1.29 is 27.5 Å². The zero-order valence-corrected chi connectivity index (χ0v) is 23.0. The summed E-state index contributed by atoms with van der Waals surface area (Å²) in [5.41, 5.74) is 7.34. The molecule has 1 aromatic heterocycles. The molecule has 1 aromatic carbocycles. The van der Waals surface area contributed by atoms with E-state index in [1.54, 1.807) is 0 Å². The smallest absolute Gasteiger partial charge is 0.325 e. The number of nitrogens with two attached hydrogens (primary N) is 1. The van der Waals surface area contributed by atoms with E-state index in [0.29, 0.717) is 38.9 Å². The van der Waals surface area contributed by atoms with Gasteiger partial charge in [-0.05, 0) is 68.0 Å². The molecule has 1 aliphatic heterocycles. The number of methoxy groups -OCH3 is 1. The Morgan fingerprint density at radius 3 is 2.33 bits per heavy atom. The molecular formula is C27H37N5O6S. The first kappa shape index (κ1) is 30.2. The van der Waals surface area contributed by atoms with Gasteiger partial charge in [-0.1, -0.05) is 25.0 Å². The summed E-state index contributed by atoms with van der Waals surface area (Å²) in [4.78, 5) is 39.4. The van der Waals surface area contributed by atoms with E-state index in [-0.39, 0.29) is 29.0 Å². The summed E-state index contributed by atoms with van der Waals surface area (Å²) >= 11 is 0. The summed E-state index contributed by atoms with van der Waals surface area (Å²) in [6.45, 7) is 1.09. The number of aromatic nitrogens is 1. The number of carbonyl (C=O) groups is 3. The second-order valence-corrected chi connectivity index (χ2v) is 11.4. The van der Waals surface area contributed by atoms with Crippen molar-refractivity contribution in [3.63, 3.8) is 0 Å². The number of pyridine rings is 1. The highest BCUT2D eigenvalue weighted by molar-refractivity contribution is 7.89. The van der Waals surface area contributed by atoms with E-state index in [0.717, 1.165) is 43.1 Å². The quantitative estimate of drug-likeness (QED) is 0.249. The number of amides is 2. The van der Waals surface area contributed by atoms with Crippen LogP contribution in [0.3, 0.4) is 0 Å². The molecule has 2 aromatic rings. The van der Waals surface area contributed by atoms with Crippen molar-refractivity contribution in [3.8, 4) is 0 Å². The molecule has 2 amide bonds. The average Bonchev–Trinajstić information content (AvgIpc) is 2.96. The number of benzene rings is 1. The van der Waals surface area contributed by atoms with Gasteiger partial charge >= 0.3 is 5.97 Å². The molecule has 0 unspecified atom stereocenters. The van der Waals surface area contributed by atoms with E-state index in [1.165, 1.54) is 23.5 Å². The third kappa shape index (κ3) is 8.84. The second kappa shape index (κ2) is 14.7. The fourth-order valence-corrected chi connectivity index (χ4v) is 5.82. The minimum Gasteiger partial charge on any atom is -0.468 e. The van der Waals surface area contributed by atoms with Crippen LogP contribution in [0.4, 0.5) is 5.69 Å². The Balaban J connectivity index is 1.49. The molecule has 0 bridgehead atoms. The Morgan fingerprint density at radius 1 is 1.03 bits per heavy atom. The number of ether oxygens (including phenoxy) is 1. The Hall–Kier alpha value is -3.35. The molecule has 0 spiro atoms. The predicted octanol–water partition coefficient (Wildman–Crippen LogP) is 2.40. The average molecular weight is 560 g/mol. The van der Waals surface area contributed by atoms with Gasteiger partial charge in [-0.3, -0.25) is 14.4 Å². The Bertz CT molecular complexity index is 1210. The summed E-state index contributed by atoms with van der Waals surface area (Å²) in [5.74, 6) is -0.996. The lowest BCUT2D eigenvalue weighted by atomic mass is 9.90. The van der Waals surface area contributed by atoms with Gasteiger partial charge in [-0.2, -0.15) is 4.31 Å². The molecule has 212 valence electrons. The molecule has 1 saturated heterocycles. The van der Waals surface area contributed by atoms with Gasteiger partial charge in [0.25, 0.3) is 5.91 Å². The number of nitrogens with one attached hydrogen (secondary N) is 2. The number of anilines is 1. The van der Waals surface area contributed by atoms with E-state index < -0.39 is 21.9 Å². The van der Waals surface area contributed by atoms with Crippen LogP contribution < -0.4 is 16.4 Å². The molecule has 39 heavy (non-hydrogen) atoms. The Morgan fingerprint density at radius 2 is 1.72 bits per heavy atom. The molecule has 1 aliphatic rings. The van der Waals surface area contributed by atoms with Crippen LogP contribution in [0.5, 0.6) is 0 Å². The van der Waals surface area contributed by atoms with Crippen molar-refractivity contribution in [2.24, 2.45) is 5.73 Å². The van der Waals surface area contributed by atoms with Crippen LogP contribution in [0.2, 0.25) is 0 Å². The van der Waals surface area contributed by atoms with Crippen LogP contribution in [-0.4, -0.2) is 68.8 Å². The monoisotopic (exact) mass is 559 g/mol. The molecule has 12 heteroatoms. The van der Waals surface area contributed by atoms with Crippen molar-refractivity contribution in [3.05, 3.63) is 53.9 Å². The zero-order chi connectivity index (χ0) is 28.3. The number of carbonyl (C=O) groups excluding carboxylic acids is 3. The first-order valence-corrected chi connectivity index (χ1v) is 14.6. The third-order valence-electron chi connectivity index (χ3n) is 6.71. The van der Waals surface area contributed by atoms with Gasteiger partial charge < -0.3 is 21.1 Å². The normalized spacial score (nSPS) is 14.5. The fourth-order valence-electron chi connectivity index (χ4n) is 4.41. The first-order valence-electron chi connectivity index (χ1n) is 13.2. The number of sulfonamides is 1. The van der Waals surface area contributed by atoms with Crippen LogP contribution in [0, 0.1) is 0 Å². The highest BCUT2D eigenvalue weighted by Crippen LogP contribution is 2.31. The van der Waals surface area contributed by atoms with Gasteiger partial charge in [0.2, 0.25) is 15.9 Å². The number of hydrogen-bond donors (Lipinski definition) is 3. The summed E-state index contributed by atoms with van der Waals surface area (Å²) in [7, 11) is -2.55. The van der Waals surface area contributed by atoms with Gasteiger partial charge in [0.05, 0.1) is 7.11 Å². The number of hydrogen-bond acceptors (Lipinski definition) is 8. The molecular weight excluding hydrogens is 522 g/mol.